The molecule has 47 heavy (non-hydrogen) atoms. The zero-order valence-corrected chi connectivity index (χ0v) is 34.0. The highest BCUT2D eigenvalue weighted by Gasteiger charge is 2.25. The molecule has 242 valence electrons. The zero-order chi connectivity index (χ0) is 33.4. The van der Waals surface area contributed by atoms with E-state index in [-0.39, 0.29) is 0 Å². The van der Waals surface area contributed by atoms with Crippen molar-refractivity contribution in [3.8, 4) is 12.0 Å². The van der Waals surface area contributed by atoms with E-state index in [9.17, 15) is 0 Å². The molecule has 5 nitrogen and oxygen atoms in total. The highest BCUT2D eigenvalue weighted by molar-refractivity contribution is 6.89. The summed E-state index contributed by atoms with van der Waals surface area (Å²) in [5.74, 6) is 0. The fourth-order valence-corrected chi connectivity index (χ4v) is 11.8. The Kier molecular flexibility index (Phi) is 7.89. The average molecular weight is 689 g/mol. The van der Waals surface area contributed by atoms with Crippen LogP contribution in [0.4, 0.5) is 0 Å². The Morgan fingerprint density at radius 1 is 0.511 bits per heavy atom. The van der Waals surface area contributed by atoms with Gasteiger partial charge >= 0.3 is 12.0 Å². The van der Waals surface area contributed by atoms with E-state index in [1.807, 2.05) is 0 Å². The predicted octanol–water partition coefficient (Wildman–Crippen LogP) is 8.49. The van der Waals surface area contributed by atoms with Gasteiger partial charge in [0.1, 0.15) is 0 Å². The highest BCUT2D eigenvalue weighted by Crippen LogP contribution is 2.36. The Morgan fingerprint density at radius 3 is 1.19 bits per heavy atom. The molecule has 0 aliphatic carbocycles. The first kappa shape index (κ1) is 32.1. The summed E-state index contributed by atoms with van der Waals surface area (Å²) in [6.07, 6.45) is 0. The Morgan fingerprint density at radius 2 is 0.851 bits per heavy atom. The molecule has 0 amide bonds. The summed E-state index contributed by atoms with van der Waals surface area (Å²) in [5, 5.41) is 17.5. The van der Waals surface area contributed by atoms with Gasteiger partial charge in [0.25, 0.3) is 0 Å². The minimum Gasteiger partial charge on any atom is -0.388 e. The molecule has 3 heterocycles. The van der Waals surface area contributed by atoms with E-state index in [4.69, 9.17) is 14.6 Å². The molecule has 0 fully saturated rings. The van der Waals surface area contributed by atoms with Crippen LogP contribution in [0.5, 0.6) is 0 Å². The first-order valence-corrected chi connectivity index (χ1v) is 30.4. The summed E-state index contributed by atoms with van der Waals surface area (Å²) in [6, 6.07) is 31.3. The fraction of sp³-hybridized carbons (Fsp3) is 0.316. The van der Waals surface area contributed by atoms with Gasteiger partial charge in [0.05, 0.1) is 38.2 Å². The number of nitrogens with zero attached hydrogens (tertiary/aromatic N) is 4. The number of benzene rings is 4. The van der Waals surface area contributed by atoms with Gasteiger partial charge in [-0.3, -0.25) is 9.13 Å². The second kappa shape index (κ2) is 11.6. The van der Waals surface area contributed by atoms with E-state index in [2.05, 4.69) is 147 Å². The van der Waals surface area contributed by atoms with E-state index in [1.165, 1.54) is 55.1 Å². The number of aromatic nitrogens is 4. The van der Waals surface area contributed by atoms with E-state index in [1.54, 1.807) is 0 Å². The van der Waals surface area contributed by atoms with Gasteiger partial charge in [0.15, 0.2) is 0 Å². The van der Waals surface area contributed by atoms with Crippen molar-refractivity contribution >= 4 is 87.7 Å². The van der Waals surface area contributed by atoms with E-state index in [0.717, 1.165) is 22.1 Å². The van der Waals surface area contributed by atoms with Crippen LogP contribution in [0.15, 0.2) is 77.2 Å². The van der Waals surface area contributed by atoms with Crippen molar-refractivity contribution in [2.24, 2.45) is 0 Å². The summed E-state index contributed by atoms with van der Waals surface area (Å²) in [5.41, 5.74) is 7.29. The van der Waals surface area contributed by atoms with Gasteiger partial charge in [-0.1, -0.05) is 134 Å². The summed E-state index contributed by atoms with van der Waals surface area (Å²) in [6.45, 7) is 24.2. The Labute approximate surface area is 283 Å². The third-order valence-electron chi connectivity index (χ3n) is 9.47. The lowest BCUT2D eigenvalue weighted by Gasteiger charge is -2.16. The summed E-state index contributed by atoms with van der Waals surface area (Å²) >= 11 is 0. The third kappa shape index (κ3) is 5.81. The van der Waals surface area contributed by atoms with Crippen LogP contribution in [0.25, 0.3) is 55.6 Å². The van der Waals surface area contributed by atoms with Crippen LogP contribution in [-0.2, 0) is 12.1 Å². The second-order valence-electron chi connectivity index (χ2n) is 16.4. The van der Waals surface area contributed by atoms with Crippen LogP contribution in [0.2, 0.25) is 65.5 Å². The number of rotatable bonds is 8. The molecule has 7 rings (SSSR count). The SMILES string of the molecule is C[SiH](C)Cc1ccc2c(c1)c1cc([Si](C)(C)C)ccc1n2-c1nnc(-n2c3ccc(C[SiH](C)C)cc3c3cc([Si](C)(C)C)ccc32)o1. The maximum Gasteiger partial charge on any atom is 0.328 e. The van der Waals surface area contributed by atoms with Crippen molar-refractivity contribution in [2.45, 2.75) is 77.6 Å². The second-order valence-corrected chi connectivity index (χ2v) is 32.9. The van der Waals surface area contributed by atoms with Crippen LogP contribution >= 0.6 is 0 Å². The fourth-order valence-electron chi connectivity index (χ4n) is 7.07. The molecular weight excluding hydrogens is 641 g/mol. The maximum absolute atomic E-state index is 6.72. The standard InChI is InChI=1S/C38H48N4OSi4/c1-44(2)23-25-11-15-33-29(19-25)31-21-27(46(5,6)7)13-17-35(31)41(33)37-39-40-38(43-37)42-34-16-12-26(24-45(3)4)20-30(34)32-22-28(47(8,9)10)14-18-36(32)42/h11-22,44-45H,23-24H2,1-10H3. The predicted molar refractivity (Wildman–Crippen MR) is 214 cm³/mol. The minimum atomic E-state index is -1.51. The molecule has 0 bridgehead atoms. The summed E-state index contributed by atoms with van der Waals surface area (Å²) in [7, 11) is -4.55. The molecule has 0 saturated heterocycles. The van der Waals surface area contributed by atoms with Gasteiger partial charge in [-0.2, -0.15) is 0 Å². The molecule has 0 aliphatic rings. The van der Waals surface area contributed by atoms with E-state index in [0.29, 0.717) is 12.0 Å². The smallest absolute Gasteiger partial charge is 0.328 e. The molecule has 3 aromatic heterocycles. The van der Waals surface area contributed by atoms with Crippen molar-refractivity contribution in [3.63, 3.8) is 0 Å². The average Bonchev–Trinajstić information content (AvgIpc) is 3.67. The normalized spacial score (nSPS) is 13.0. The number of hydrogen-bond acceptors (Lipinski definition) is 3. The van der Waals surface area contributed by atoms with E-state index >= 15 is 0 Å². The topological polar surface area (TPSA) is 48.8 Å². The molecule has 9 heteroatoms. The van der Waals surface area contributed by atoms with E-state index < -0.39 is 33.7 Å². The van der Waals surface area contributed by atoms with Crippen LogP contribution in [0, 0.1) is 0 Å². The molecule has 0 aliphatic heterocycles. The monoisotopic (exact) mass is 688 g/mol. The molecule has 7 aromatic rings. The van der Waals surface area contributed by atoms with Gasteiger partial charge in [0.2, 0.25) is 0 Å². The van der Waals surface area contributed by atoms with Crippen LogP contribution < -0.4 is 10.4 Å². The summed E-state index contributed by atoms with van der Waals surface area (Å²) < 4.78 is 11.1. The van der Waals surface area contributed by atoms with Crippen LogP contribution in [0.3, 0.4) is 0 Å². The van der Waals surface area contributed by atoms with Crippen molar-refractivity contribution in [3.05, 3.63) is 83.9 Å². The van der Waals surface area contributed by atoms with Gasteiger partial charge in [-0.25, -0.2) is 0 Å². The molecule has 0 unspecified atom stereocenters. The third-order valence-corrected chi connectivity index (χ3v) is 16.1. The van der Waals surface area contributed by atoms with Crippen molar-refractivity contribution in [2.75, 3.05) is 0 Å². The largest absolute Gasteiger partial charge is 0.388 e. The Hall–Kier alpha value is -3.51. The van der Waals surface area contributed by atoms with Crippen molar-refractivity contribution in [1.29, 1.82) is 0 Å². The lowest BCUT2D eigenvalue weighted by Crippen LogP contribution is -2.37. The van der Waals surface area contributed by atoms with Gasteiger partial charge in [-0.15, -0.1) is 0 Å². The van der Waals surface area contributed by atoms with Crippen LogP contribution in [0.1, 0.15) is 11.1 Å². The van der Waals surface area contributed by atoms with Crippen molar-refractivity contribution < 1.29 is 4.42 Å². The van der Waals surface area contributed by atoms with Crippen LogP contribution in [-0.4, -0.2) is 53.1 Å². The highest BCUT2D eigenvalue weighted by atomic mass is 28.3. The molecule has 0 saturated carbocycles. The molecule has 0 spiro atoms. The number of hydrogen-bond donors (Lipinski definition) is 0. The first-order valence-electron chi connectivity index (χ1n) is 17.2. The molecule has 0 atom stereocenters. The lowest BCUT2D eigenvalue weighted by molar-refractivity contribution is 0.515. The number of fused-ring (bicyclic) bond motifs is 6. The Balaban J connectivity index is 1.45. The van der Waals surface area contributed by atoms with Gasteiger partial charge in [0, 0.05) is 39.1 Å². The van der Waals surface area contributed by atoms with Gasteiger partial charge < -0.3 is 4.42 Å². The molecule has 0 radical (unpaired) electrons. The van der Waals surface area contributed by atoms with Crippen molar-refractivity contribution in [1.82, 2.24) is 19.3 Å². The van der Waals surface area contributed by atoms with Gasteiger partial charge in [-0.05, 0) is 48.5 Å². The lowest BCUT2D eigenvalue weighted by atomic mass is 10.1. The quantitative estimate of drug-likeness (QED) is 0.151. The molecule has 0 N–H and O–H groups in total. The molecular formula is C38H48N4OSi4. The zero-order valence-electron chi connectivity index (χ0n) is 29.7. The Bertz CT molecular complexity index is 2140. The summed E-state index contributed by atoms with van der Waals surface area (Å²) in [4.78, 5) is 0. The minimum absolute atomic E-state index is 0.503. The maximum atomic E-state index is 6.72. The first-order chi connectivity index (χ1) is 22.2. The molecule has 4 aromatic carbocycles.